The zero-order valence-corrected chi connectivity index (χ0v) is 17.0. The van der Waals surface area contributed by atoms with Crippen LogP contribution in [-0.4, -0.2) is 32.7 Å². The van der Waals surface area contributed by atoms with E-state index in [0.717, 1.165) is 4.31 Å². The number of hydrogen-bond donors (Lipinski definition) is 1. The third-order valence-corrected chi connectivity index (χ3v) is 6.16. The average molecular weight is 410 g/mol. The van der Waals surface area contributed by atoms with Crippen molar-refractivity contribution in [2.45, 2.75) is 11.4 Å². The van der Waals surface area contributed by atoms with Gasteiger partial charge in [-0.2, -0.15) is 0 Å². The predicted octanol–water partition coefficient (Wildman–Crippen LogP) is 3.66. The summed E-state index contributed by atoms with van der Waals surface area (Å²) in [5.74, 6) is 0.896. The molecule has 0 atom stereocenters. The van der Waals surface area contributed by atoms with Crippen molar-refractivity contribution in [1.29, 1.82) is 0 Å². The molecular weight excluding hydrogens is 388 g/mol. The van der Waals surface area contributed by atoms with Crippen molar-refractivity contribution in [2.24, 2.45) is 0 Å². The minimum Gasteiger partial charge on any atom is -0.457 e. The summed E-state index contributed by atoms with van der Waals surface area (Å²) in [5, 5.41) is 2.78. The van der Waals surface area contributed by atoms with Crippen LogP contribution in [-0.2, 0) is 16.6 Å². The van der Waals surface area contributed by atoms with Gasteiger partial charge in [0.15, 0.2) is 0 Å². The van der Waals surface area contributed by atoms with Crippen molar-refractivity contribution in [3.63, 3.8) is 0 Å². The summed E-state index contributed by atoms with van der Waals surface area (Å²) in [5.41, 5.74) is 0.942. The van der Waals surface area contributed by atoms with Crippen LogP contribution in [0, 0.1) is 0 Å². The second-order valence-electron chi connectivity index (χ2n) is 6.52. The maximum Gasteiger partial charge on any atom is 0.251 e. The highest BCUT2D eigenvalue weighted by Crippen LogP contribution is 2.22. The van der Waals surface area contributed by atoms with Crippen molar-refractivity contribution < 1.29 is 17.9 Å². The third kappa shape index (κ3) is 5.01. The molecule has 0 saturated carbocycles. The van der Waals surface area contributed by atoms with Gasteiger partial charge in [-0.3, -0.25) is 4.79 Å². The Morgan fingerprint density at radius 3 is 2.28 bits per heavy atom. The quantitative estimate of drug-likeness (QED) is 0.645. The number of hydrogen-bond acceptors (Lipinski definition) is 4. The molecule has 1 N–H and O–H groups in total. The molecule has 3 rings (SSSR count). The molecule has 0 bridgehead atoms. The monoisotopic (exact) mass is 410 g/mol. The van der Waals surface area contributed by atoms with Gasteiger partial charge in [0.2, 0.25) is 10.0 Å². The molecule has 3 aromatic rings. The number of carbonyl (C=O) groups is 1. The van der Waals surface area contributed by atoms with Crippen molar-refractivity contribution in [1.82, 2.24) is 9.62 Å². The molecule has 150 valence electrons. The summed E-state index contributed by atoms with van der Waals surface area (Å²) in [6.45, 7) is 0.0891. The van der Waals surface area contributed by atoms with Crippen LogP contribution in [0.15, 0.2) is 83.8 Å². The van der Waals surface area contributed by atoms with E-state index >= 15 is 0 Å². The van der Waals surface area contributed by atoms with Crippen LogP contribution in [0.3, 0.4) is 0 Å². The lowest BCUT2D eigenvalue weighted by Crippen LogP contribution is -2.27. The van der Waals surface area contributed by atoms with E-state index < -0.39 is 10.0 Å². The average Bonchev–Trinajstić information content (AvgIpc) is 2.73. The molecule has 0 heterocycles. The fourth-order valence-corrected chi connectivity index (χ4v) is 3.82. The number of para-hydroxylation sites is 1. The molecule has 0 aromatic heterocycles. The van der Waals surface area contributed by atoms with Crippen molar-refractivity contribution in [3.8, 4) is 11.5 Å². The largest absolute Gasteiger partial charge is 0.457 e. The minimum absolute atomic E-state index is 0.0891. The summed E-state index contributed by atoms with van der Waals surface area (Å²) in [7, 11) is -0.649. The molecule has 3 aromatic carbocycles. The van der Waals surface area contributed by atoms with Crippen LogP contribution < -0.4 is 10.1 Å². The highest BCUT2D eigenvalue weighted by Gasteiger charge is 2.21. The number of sulfonamides is 1. The van der Waals surface area contributed by atoms with Crippen molar-refractivity contribution in [3.05, 3.63) is 90.0 Å². The van der Waals surface area contributed by atoms with E-state index in [2.05, 4.69) is 5.32 Å². The SMILES string of the molecule is CN(C)S(=O)(=O)c1ccccc1CNC(=O)c1cccc(Oc2ccccc2)c1. The van der Waals surface area contributed by atoms with Crippen LogP contribution in [0.4, 0.5) is 0 Å². The van der Waals surface area contributed by atoms with Crippen LogP contribution in [0.1, 0.15) is 15.9 Å². The number of carbonyl (C=O) groups excluding carboxylic acids is 1. The van der Waals surface area contributed by atoms with Gasteiger partial charge in [-0.25, -0.2) is 12.7 Å². The maximum absolute atomic E-state index is 12.6. The minimum atomic E-state index is -3.60. The molecule has 7 heteroatoms. The second-order valence-corrected chi connectivity index (χ2v) is 8.64. The molecule has 1 amide bonds. The number of rotatable bonds is 7. The van der Waals surface area contributed by atoms with Crippen LogP contribution >= 0.6 is 0 Å². The van der Waals surface area contributed by atoms with Gasteiger partial charge in [-0.15, -0.1) is 0 Å². The molecule has 29 heavy (non-hydrogen) atoms. The van der Waals surface area contributed by atoms with Gasteiger partial charge in [0.05, 0.1) is 4.90 Å². The number of amides is 1. The van der Waals surface area contributed by atoms with Crippen molar-refractivity contribution in [2.75, 3.05) is 14.1 Å². The molecule has 0 aliphatic rings. The number of nitrogens with zero attached hydrogens (tertiary/aromatic N) is 1. The van der Waals surface area contributed by atoms with Gasteiger partial charge in [0.25, 0.3) is 5.91 Å². The lowest BCUT2D eigenvalue weighted by atomic mass is 10.2. The first-order chi connectivity index (χ1) is 13.9. The number of ether oxygens (including phenoxy) is 1. The zero-order valence-electron chi connectivity index (χ0n) is 16.2. The number of nitrogens with one attached hydrogen (secondary N) is 1. The van der Waals surface area contributed by atoms with E-state index in [-0.39, 0.29) is 17.3 Å². The second kappa shape index (κ2) is 8.89. The molecule has 0 fully saturated rings. The fraction of sp³-hybridized carbons (Fsp3) is 0.136. The fourth-order valence-electron chi connectivity index (χ4n) is 2.70. The van der Waals surface area contributed by atoms with E-state index in [4.69, 9.17) is 4.74 Å². The van der Waals surface area contributed by atoms with E-state index in [1.807, 2.05) is 30.3 Å². The highest BCUT2D eigenvalue weighted by molar-refractivity contribution is 7.89. The lowest BCUT2D eigenvalue weighted by molar-refractivity contribution is 0.0950. The normalized spacial score (nSPS) is 11.3. The number of benzene rings is 3. The van der Waals surface area contributed by atoms with E-state index in [9.17, 15) is 13.2 Å². The molecule has 0 radical (unpaired) electrons. The Morgan fingerprint density at radius 1 is 0.897 bits per heavy atom. The first kappa shape index (κ1) is 20.6. The first-order valence-electron chi connectivity index (χ1n) is 8.99. The van der Waals surface area contributed by atoms with E-state index in [0.29, 0.717) is 22.6 Å². The molecular formula is C22H22N2O4S. The van der Waals surface area contributed by atoms with Crippen molar-refractivity contribution >= 4 is 15.9 Å². The summed E-state index contributed by atoms with van der Waals surface area (Å²) < 4.78 is 31.9. The Kier molecular flexibility index (Phi) is 6.31. The molecule has 6 nitrogen and oxygen atoms in total. The summed E-state index contributed by atoms with van der Waals surface area (Å²) in [6.07, 6.45) is 0. The molecule has 0 aliphatic heterocycles. The molecule has 0 saturated heterocycles. The smallest absolute Gasteiger partial charge is 0.251 e. The topological polar surface area (TPSA) is 75.7 Å². The Bertz CT molecular complexity index is 1100. The Labute approximate surface area is 170 Å². The Balaban J connectivity index is 1.73. The van der Waals surface area contributed by atoms with E-state index in [1.165, 1.54) is 20.2 Å². The zero-order chi connectivity index (χ0) is 20.9. The predicted molar refractivity (Wildman–Crippen MR) is 111 cm³/mol. The lowest BCUT2D eigenvalue weighted by Gasteiger charge is -2.15. The highest BCUT2D eigenvalue weighted by atomic mass is 32.2. The van der Waals surface area contributed by atoms with Gasteiger partial charge >= 0.3 is 0 Å². The van der Waals surface area contributed by atoms with Gasteiger partial charge in [0.1, 0.15) is 11.5 Å². The summed E-state index contributed by atoms with van der Waals surface area (Å²) >= 11 is 0. The molecule has 0 aliphatic carbocycles. The van der Waals surface area contributed by atoms with Gasteiger partial charge in [0, 0.05) is 26.2 Å². The summed E-state index contributed by atoms with van der Waals surface area (Å²) in [4.78, 5) is 12.8. The van der Waals surface area contributed by atoms with Crippen LogP contribution in [0.25, 0.3) is 0 Å². The maximum atomic E-state index is 12.6. The first-order valence-corrected chi connectivity index (χ1v) is 10.4. The van der Waals surface area contributed by atoms with Crippen LogP contribution in [0.5, 0.6) is 11.5 Å². The van der Waals surface area contributed by atoms with Gasteiger partial charge < -0.3 is 10.1 Å². The molecule has 0 unspecified atom stereocenters. The summed E-state index contributed by atoms with van der Waals surface area (Å²) in [6, 6.07) is 22.7. The Hall–Kier alpha value is -3.16. The molecule has 0 spiro atoms. The van der Waals surface area contributed by atoms with Gasteiger partial charge in [-0.05, 0) is 42.0 Å². The standard InChI is InChI=1S/C22H22N2O4S/c1-24(2)29(26,27)21-14-7-6-9-18(21)16-23-22(25)17-10-8-13-20(15-17)28-19-11-4-3-5-12-19/h3-15H,16H2,1-2H3,(H,23,25). The van der Waals surface area contributed by atoms with Gasteiger partial charge in [-0.1, -0.05) is 42.5 Å². The Morgan fingerprint density at radius 2 is 1.55 bits per heavy atom. The van der Waals surface area contributed by atoms with E-state index in [1.54, 1.807) is 42.5 Å². The third-order valence-electron chi connectivity index (χ3n) is 4.25. The van der Waals surface area contributed by atoms with Crippen LogP contribution in [0.2, 0.25) is 0 Å².